The van der Waals surface area contributed by atoms with Gasteiger partial charge in [-0.25, -0.2) is 9.97 Å². The number of aromatic nitrogens is 3. The smallest absolute Gasteiger partial charge is 0.233 e. The van der Waals surface area contributed by atoms with Crippen molar-refractivity contribution in [2.45, 2.75) is 6.92 Å². The lowest BCUT2D eigenvalue weighted by Crippen LogP contribution is -1.91. The minimum absolute atomic E-state index is 0.741. The summed E-state index contributed by atoms with van der Waals surface area (Å²) in [5.74, 6) is 0.741. The van der Waals surface area contributed by atoms with E-state index >= 15 is 0 Å². The highest BCUT2D eigenvalue weighted by Gasteiger charge is 1.98. The van der Waals surface area contributed by atoms with Crippen LogP contribution in [0.3, 0.4) is 0 Å². The third-order valence-corrected chi connectivity index (χ3v) is 2.29. The van der Waals surface area contributed by atoms with Gasteiger partial charge in [0.2, 0.25) is 5.78 Å². The predicted molar refractivity (Wildman–Crippen MR) is 45.4 cm³/mol. The Labute approximate surface area is 72.2 Å². The van der Waals surface area contributed by atoms with Gasteiger partial charge in [0.15, 0.2) is 0 Å². The van der Waals surface area contributed by atoms with E-state index < -0.39 is 0 Å². The lowest BCUT2D eigenvalue weighted by Gasteiger charge is -1.96. The van der Waals surface area contributed by atoms with Gasteiger partial charge >= 0.3 is 0 Å². The van der Waals surface area contributed by atoms with Crippen LogP contribution < -0.4 is 0 Å². The van der Waals surface area contributed by atoms with Crippen LogP contribution in [0.15, 0.2) is 23.1 Å². The average molecular weight is 212 g/mol. The van der Waals surface area contributed by atoms with Crippen molar-refractivity contribution in [1.29, 1.82) is 0 Å². The van der Waals surface area contributed by atoms with Crippen LogP contribution in [0.25, 0.3) is 5.78 Å². The molecule has 0 N–H and O–H groups in total. The third-order valence-electron chi connectivity index (χ3n) is 1.51. The van der Waals surface area contributed by atoms with Gasteiger partial charge in [0.25, 0.3) is 0 Å². The normalized spacial score (nSPS) is 10.7. The summed E-state index contributed by atoms with van der Waals surface area (Å²) in [5, 5.41) is 0. The van der Waals surface area contributed by atoms with E-state index in [4.69, 9.17) is 0 Å². The molecule has 0 saturated carbocycles. The summed E-state index contributed by atoms with van der Waals surface area (Å²) in [6.45, 7) is 1.94. The van der Waals surface area contributed by atoms with E-state index in [0.29, 0.717) is 0 Å². The highest BCUT2D eigenvalue weighted by atomic mass is 79.9. The molecule has 0 spiro atoms. The highest BCUT2D eigenvalue weighted by molar-refractivity contribution is 9.10. The monoisotopic (exact) mass is 211 g/mol. The molecule has 0 aliphatic rings. The highest BCUT2D eigenvalue weighted by Crippen LogP contribution is 2.13. The molecule has 0 unspecified atom stereocenters. The number of fused-ring (bicyclic) bond motifs is 1. The number of hydrogen-bond donors (Lipinski definition) is 0. The van der Waals surface area contributed by atoms with Crippen molar-refractivity contribution < 1.29 is 0 Å². The van der Waals surface area contributed by atoms with Gasteiger partial charge in [0.1, 0.15) is 0 Å². The summed E-state index contributed by atoms with van der Waals surface area (Å²) >= 11 is 3.39. The van der Waals surface area contributed by atoms with Gasteiger partial charge in [-0.15, -0.1) is 0 Å². The Morgan fingerprint density at radius 3 is 3.18 bits per heavy atom. The number of hydrogen-bond acceptors (Lipinski definition) is 2. The molecule has 0 amide bonds. The fourth-order valence-electron chi connectivity index (χ4n) is 0.911. The fourth-order valence-corrected chi connectivity index (χ4v) is 1.22. The van der Waals surface area contributed by atoms with Crippen LogP contribution in [0.2, 0.25) is 0 Å². The van der Waals surface area contributed by atoms with Crippen molar-refractivity contribution >= 4 is 21.7 Å². The molecule has 2 aromatic heterocycles. The van der Waals surface area contributed by atoms with Crippen LogP contribution in [0, 0.1) is 6.92 Å². The van der Waals surface area contributed by atoms with Crippen molar-refractivity contribution in [3.8, 4) is 0 Å². The van der Waals surface area contributed by atoms with Gasteiger partial charge < -0.3 is 0 Å². The van der Waals surface area contributed by atoms with Crippen LogP contribution in [0.5, 0.6) is 0 Å². The molecule has 56 valence electrons. The van der Waals surface area contributed by atoms with Gasteiger partial charge in [-0.3, -0.25) is 4.40 Å². The fraction of sp³-hybridized carbons (Fsp3) is 0.143. The molecular formula is C7H6BrN3. The Morgan fingerprint density at radius 1 is 1.55 bits per heavy atom. The van der Waals surface area contributed by atoms with E-state index in [-0.39, 0.29) is 0 Å². The summed E-state index contributed by atoms with van der Waals surface area (Å²) in [5.41, 5.74) is 0.962. The summed E-state index contributed by atoms with van der Waals surface area (Å²) < 4.78 is 2.87. The van der Waals surface area contributed by atoms with Crippen LogP contribution >= 0.6 is 15.9 Å². The van der Waals surface area contributed by atoms with Crippen molar-refractivity contribution in [3.63, 3.8) is 0 Å². The number of rotatable bonds is 0. The van der Waals surface area contributed by atoms with E-state index in [1.807, 2.05) is 23.7 Å². The van der Waals surface area contributed by atoms with Gasteiger partial charge in [0.05, 0.1) is 10.2 Å². The first kappa shape index (κ1) is 6.79. The van der Waals surface area contributed by atoms with Crippen molar-refractivity contribution in [3.05, 3.63) is 28.8 Å². The topological polar surface area (TPSA) is 30.2 Å². The van der Waals surface area contributed by atoms with E-state index in [0.717, 1.165) is 15.9 Å². The maximum absolute atomic E-state index is 4.24. The maximum atomic E-state index is 4.24. The average Bonchev–Trinajstić information content (AvgIpc) is 2.36. The quantitative estimate of drug-likeness (QED) is 0.666. The Balaban J connectivity index is 2.86. The Bertz CT molecular complexity index is 357. The SMILES string of the molecule is Cc1nc2nccn2cc1Br. The van der Waals surface area contributed by atoms with E-state index in [1.165, 1.54) is 0 Å². The minimum Gasteiger partial charge on any atom is -0.290 e. The minimum atomic E-state index is 0.741. The number of nitrogens with zero attached hydrogens (tertiary/aromatic N) is 3. The number of halogens is 1. The zero-order valence-corrected chi connectivity index (χ0v) is 7.54. The lowest BCUT2D eigenvalue weighted by molar-refractivity contribution is 1.05. The summed E-state index contributed by atoms with van der Waals surface area (Å²) in [7, 11) is 0. The second kappa shape index (κ2) is 2.30. The van der Waals surface area contributed by atoms with E-state index in [2.05, 4.69) is 25.9 Å². The molecule has 2 rings (SSSR count). The first-order valence-corrected chi connectivity index (χ1v) is 4.02. The van der Waals surface area contributed by atoms with Crippen LogP contribution in [-0.2, 0) is 0 Å². The van der Waals surface area contributed by atoms with Crippen molar-refractivity contribution in [1.82, 2.24) is 14.4 Å². The van der Waals surface area contributed by atoms with E-state index in [1.54, 1.807) is 6.20 Å². The maximum Gasteiger partial charge on any atom is 0.233 e. The molecule has 0 bridgehead atoms. The lowest BCUT2D eigenvalue weighted by atomic mass is 10.5. The molecule has 0 aliphatic heterocycles. The number of aryl methyl sites for hydroxylation is 1. The molecule has 4 heteroatoms. The molecule has 2 heterocycles. The van der Waals surface area contributed by atoms with Gasteiger partial charge in [-0.2, -0.15) is 0 Å². The second-order valence-corrected chi connectivity index (χ2v) is 3.16. The number of imidazole rings is 1. The molecule has 3 nitrogen and oxygen atoms in total. The third kappa shape index (κ3) is 1.03. The van der Waals surface area contributed by atoms with Crippen LogP contribution in [-0.4, -0.2) is 14.4 Å². The molecule has 0 saturated heterocycles. The van der Waals surface area contributed by atoms with Crippen molar-refractivity contribution in [2.24, 2.45) is 0 Å². The zero-order chi connectivity index (χ0) is 7.84. The molecule has 11 heavy (non-hydrogen) atoms. The first-order chi connectivity index (χ1) is 5.27. The molecule has 0 atom stereocenters. The molecular weight excluding hydrogens is 206 g/mol. The largest absolute Gasteiger partial charge is 0.290 e. The first-order valence-electron chi connectivity index (χ1n) is 3.23. The standard InChI is InChI=1S/C7H6BrN3/c1-5-6(8)4-11-3-2-9-7(11)10-5/h2-4H,1H3. The second-order valence-electron chi connectivity index (χ2n) is 2.31. The van der Waals surface area contributed by atoms with Crippen LogP contribution in [0.1, 0.15) is 5.69 Å². The Kier molecular flexibility index (Phi) is 1.42. The molecule has 0 radical (unpaired) electrons. The van der Waals surface area contributed by atoms with Gasteiger partial charge in [-0.1, -0.05) is 0 Å². The van der Waals surface area contributed by atoms with Gasteiger partial charge in [0, 0.05) is 18.6 Å². The van der Waals surface area contributed by atoms with Crippen molar-refractivity contribution in [2.75, 3.05) is 0 Å². The molecule has 0 aliphatic carbocycles. The summed E-state index contributed by atoms with van der Waals surface area (Å²) in [6, 6.07) is 0. The molecule has 0 aromatic carbocycles. The van der Waals surface area contributed by atoms with E-state index in [9.17, 15) is 0 Å². The molecule has 0 fully saturated rings. The Hall–Kier alpha value is -0.900. The molecule has 2 aromatic rings. The van der Waals surface area contributed by atoms with Gasteiger partial charge in [-0.05, 0) is 22.9 Å². The Morgan fingerprint density at radius 2 is 2.36 bits per heavy atom. The summed E-state index contributed by atoms with van der Waals surface area (Å²) in [6.07, 6.45) is 5.55. The zero-order valence-electron chi connectivity index (χ0n) is 5.95. The summed E-state index contributed by atoms with van der Waals surface area (Å²) in [4.78, 5) is 8.29. The van der Waals surface area contributed by atoms with Crippen LogP contribution in [0.4, 0.5) is 0 Å². The predicted octanol–water partition coefficient (Wildman–Crippen LogP) is 1.80.